The molecular formula is C25H24O5. The Morgan fingerprint density at radius 3 is 2.13 bits per heavy atom. The molecule has 154 valence electrons. The lowest BCUT2D eigenvalue weighted by atomic mass is 9.86. The highest BCUT2D eigenvalue weighted by atomic mass is 16.5. The Labute approximate surface area is 175 Å². The predicted octanol–water partition coefficient (Wildman–Crippen LogP) is 5.04. The van der Waals surface area contributed by atoms with Crippen LogP contribution in [0.25, 0.3) is 0 Å². The number of carboxylic acids is 1. The number of para-hydroxylation sites is 2. The van der Waals surface area contributed by atoms with Gasteiger partial charge in [-0.2, -0.15) is 0 Å². The molecule has 30 heavy (non-hydrogen) atoms. The van der Waals surface area contributed by atoms with Gasteiger partial charge in [0.2, 0.25) is 0 Å². The molecule has 5 nitrogen and oxygen atoms in total. The van der Waals surface area contributed by atoms with E-state index in [9.17, 15) is 4.79 Å². The molecule has 1 N–H and O–H groups in total. The molecule has 0 fully saturated rings. The van der Waals surface area contributed by atoms with Crippen molar-refractivity contribution in [3.05, 3.63) is 89.5 Å². The van der Waals surface area contributed by atoms with Crippen LogP contribution in [0, 0.1) is 0 Å². The van der Waals surface area contributed by atoms with Gasteiger partial charge in [0, 0.05) is 30.6 Å². The van der Waals surface area contributed by atoms with Gasteiger partial charge in [0.15, 0.2) is 6.10 Å². The molecule has 0 radical (unpaired) electrons. The quantitative estimate of drug-likeness (QED) is 0.570. The third-order valence-electron chi connectivity index (χ3n) is 5.39. The van der Waals surface area contributed by atoms with Gasteiger partial charge in [0.25, 0.3) is 0 Å². The minimum atomic E-state index is -0.963. The molecule has 0 aliphatic carbocycles. The molecule has 0 spiro atoms. The smallest absolute Gasteiger partial charge is 0.333 e. The number of ether oxygens (including phenoxy) is 3. The monoisotopic (exact) mass is 404 g/mol. The molecule has 1 aliphatic heterocycles. The first-order valence-corrected chi connectivity index (χ1v) is 9.98. The van der Waals surface area contributed by atoms with Crippen molar-refractivity contribution in [1.82, 2.24) is 0 Å². The number of hydrogen-bond donors (Lipinski definition) is 1. The van der Waals surface area contributed by atoms with E-state index in [1.165, 1.54) is 18.2 Å². The maximum Gasteiger partial charge on any atom is 0.333 e. The molecule has 0 aromatic heterocycles. The van der Waals surface area contributed by atoms with Crippen LogP contribution in [-0.4, -0.2) is 30.9 Å². The summed E-state index contributed by atoms with van der Waals surface area (Å²) in [7, 11) is 1.41. The van der Waals surface area contributed by atoms with E-state index < -0.39 is 12.1 Å². The summed E-state index contributed by atoms with van der Waals surface area (Å²) < 4.78 is 17.0. The van der Waals surface area contributed by atoms with Crippen molar-refractivity contribution in [3.63, 3.8) is 0 Å². The van der Waals surface area contributed by atoms with Gasteiger partial charge in [0.05, 0.1) is 6.61 Å². The molecule has 5 heteroatoms. The van der Waals surface area contributed by atoms with Gasteiger partial charge in [-0.15, -0.1) is 0 Å². The third kappa shape index (κ3) is 4.31. The summed E-state index contributed by atoms with van der Waals surface area (Å²) in [6, 6.07) is 23.8. The number of fused-ring (bicyclic) bond motifs is 2. The molecule has 1 atom stereocenters. The van der Waals surface area contributed by atoms with Crippen molar-refractivity contribution < 1.29 is 24.1 Å². The Morgan fingerprint density at radius 1 is 0.967 bits per heavy atom. The molecule has 1 heterocycles. The molecule has 1 aliphatic rings. The first-order valence-electron chi connectivity index (χ1n) is 9.98. The lowest BCUT2D eigenvalue weighted by Gasteiger charge is -2.28. The van der Waals surface area contributed by atoms with Gasteiger partial charge in [-0.05, 0) is 36.2 Å². The summed E-state index contributed by atoms with van der Waals surface area (Å²) in [5.74, 6) is 1.81. The summed E-state index contributed by atoms with van der Waals surface area (Å²) in [6.45, 7) is 0.558. The lowest BCUT2D eigenvalue weighted by molar-refractivity contribution is -0.148. The van der Waals surface area contributed by atoms with E-state index in [1.807, 2.05) is 60.7 Å². The summed E-state index contributed by atoms with van der Waals surface area (Å²) in [5.41, 5.74) is 3.24. The first kappa shape index (κ1) is 20.0. The number of hydrogen-bond acceptors (Lipinski definition) is 4. The Kier molecular flexibility index (Phi) is 6.00. The summed E-state index contributed by atoms with van der Waals surface area (Å²) in [4.78, 5) is 11.1. The molecule has 3 aromatic rings. The second kappa shape index (κ2) is 9.01. The van der Waals surface area contributed by atoms with Crippen molar-refractivity contribution >= 4 is 5.97 Å². The highest BCUT2D eigenvalue weighted by Crippen LogP contribution is 2.45. The zero-order chi connectivity index (χ0) is 20.9. The summed E-state index contributed by atoms with van der Waals surface area (Å²) >= 11 is 0. The largest absolute Gasteiger partial charge is 0.494 e. The highest BCUT2D eigenvalue weighted by molar-refractivity contribution is 5.72. The van der Waals surface area contributed by atoms with Gasteiger partial charge < -0.3 is 19.3 Å². The Hall–Kier alpha value is -3.31. The van der Waals surface area contributed by atoms with E-state index in [4.69, 9.17) is 19.3 Å². The predicted molar refractivity (Wildman–Crippen MR) is 113 cm³/mol. The topological polar surface area (TPSA) is 65.0 Å². The van der Waals surface area contributed by atoms with Crippen LogP contribution in [0.5, 0.6) is 17.2 Å². The van der Waals surface area contributed by atoms with Crippen LogP contribution >= 0.6 is 0 Å². The van der Waals surface area contributed by atoms with Gasteiger partial charge in [-0.25, -0.2) is 4.79 Å². The summed E-state index contributed by atoms with van der Waals surface area (Å²) in [5, 5.41) is 9.11. The zero-order valence-electron chi connectivity index (χ0n) is 16.8. The lowest BCUT2D eigenvalue weighted by Crippen LogP contribution is -2.24. The minimum Gasteiger partial charge on any atom is -0.494 e. The van der Waals surface area contributed by atoms with Gasteiger partial charge in [-0.3, -0.25) is 0 Å². The molecule has 0 saturated heterocycles. The molecule has 0 bridgehead atoms. The van der Waals surface area contributed by atoms with Crippen LogP contribution in [-0.2, 0) is 16.0 Å². The fourth-order valence-electron chi connectivity index (χ4n) is 3.82. The van der Waals surface area contributed by atoms with E-state index in [1.54, 1.807) is 0 Å². The van der Waals surface area contributed by atoms with Crippen LogP contribution in [0.2, 0.25) is 0 Å². The normalized spacial score (nSPS) is 13.6. The number of aliphatic carboxylic acids is 1. The third-order valence-corrected chi connectivity index (χ3v) is 5.39. The van der Waals surface area contributed by atoms with E-state index >= 15 is 0 Å². The molecule has 0 saturated carbocycles. The number of rotatable bonds is 8. The van der Waals surface area contributed by atoms with Crippen molar-refractivity contribution in [2.75, 3.05) is 13.7 Å². The van der Waals surface area contributed by atoms with Crippen LogP contribution < -0.4 is 9.47 Å². The Morgan fingerprint density at radius 2 is 1.57 bits per heavy atom. The van der Waals surface area contributed by atoms with Crippen LogP contribution in [0.1, 0.15) is 29.0 Å². The summed E-state index contributed by atoms with van der Waals surface area (Å²) in [6.07, 6.45) is 0.302. The van der Waals surface area contributed by atoms with Gasteiger partial charge >= 0.3 is 5.97 Å². The second-order valence-corrected chi connectivity index (χ2v) is 7.28. The SMILES string of the molecule is COC(Cc1ccc(OCCC2c3ccccc3Oc3ccccc32)cc1)C(=O)O. The Balaban J connectivity index is 1.41. The standard InChI is InChI=1S/C25H24O5/c1-28-24(25(26)27)16-17-10-12-18(13-11-17)29-15-14-19-20-6-2-4-8-22(20)30-23-9-5-3-7-21(19)23/h2-13,19,24H,14-16H2,1H3,(H,26,27). The molecular weight excluding hydrogens is 380 g/mol. The van der Waals surface area contributed by atoms with E-state index in [0.717, 1.165) is 29.2 Å². The fourth-order valence-corrected chi connectivity index (χ4v) is 3.82. The maximum absolute atomic E-state index is 11.1. The fraction of sp³-hybridized carbons (Fsp3) is 0.240. The van der Waals surface area contributed by atoms with Crippen LogP contribution in [0.4, 0.5) is 0 Å². The zero-order valence-corrected chi connectivity index (χ0v) is 16.8. The molecule has 1 unspecified atom stereocenters. The average Bonchev–Trinajstić information content (AvgIpc) is 2.77. The van der Waals surface area contributed by atoms with Crippen LogP contribution in [0.3, 0.4) is 0 Å². The number of carbonyl (C=O) groups is 1. The maximum atomic E-state index is 11.1. The number of carboxylic acid groups (broad SMARTS) is 1. The van der Waals surface area contributed by atoms with Crippen molar-refractivity contribution in [2.24, 2.45) is 0 Å². The van der Waals surface area contributed by atoms with Crippen molar-refractivity contribution in [3.8, 4) is 17.2 Å². The van der Waals surface area contributed by atoms with Gasteiger partial charge in [0.1, 0.15) is 17.2 Å². The van der Waals surface area contributed by atoms with E-state index in [0.29, 0.717) is 13.0 Å². The first-order chi connectivity index (χ1) is 14.7. The molecule has 3 aromatic carbocycles. The van der Waals surface area contributed by atoms with Gasteiger partial charge in [-0.1, -0.05) is 48.5 Å². The van der Waals surface area contributed by atoms with E-state index in [2.05, 4.69) is 12.1 Å². The highest BCUT2D eigenvalue weighted by Gasteiger charge is 2.26. The minimum absolute atomic E-state index is 0.212. The number of methoxy groups -OCH3 is 1. The van der Waals surface area contributed by atoms with E-state index in [-0.39, 0.29) is 5.92 Å². The second-order valence-electron chi connectivity index (χ2n) is 7.28. The van der Waals surface area contributed by atoms with Crippen molar-refractivity contribution in [1.29, 1.82) is 0 Å². The van der Waals surface area contributed by atoms with Crippen LogP contribution in [0.15, 0.2) is 72.8 Å². The Bertz CT molecular complexity index is 967. The van der Waals surface area contributed by atoms with Crippen molar-refractivity contribution in [2.45, 2.75) is 24.9 Å². The number of benzene rings is 3. The molecule has 0 amide bonds. The average molecular weight is 404 g/mol. The molecule has 4 rings (SSSR count).